The van der Waals surface area contributed by atoms with Crippen LogP contribution in [0.2, 0.25) is 0 Å². The van der Waals surface area contributed by atoms with Crippen molar-refractivity contribution in [3.63, 3.8) is 0 Å². The minimum atomic E-state index is -0.591. The molecule has 0 amide bonds. The van der Waals surface area contributed by atoms with Crippen LogP contribution >= 0.6 is 0 Å². The molecule has 0 saturated carbocycles. The lowest BCUT2D eigenvalue weighted by molar-refractivity contribution is 0.0948. The van der Waals surface area contributed by atoms with Gasteiger partial charge in [-0.3, -0.25) is 24.0 Å². The van der Waals surface area contributed by atoms with Gasteiger partial charge < -0.3 is 4.74 Å². The zero-order chi connectivity index (χ0) is 21.2. The average molecular weight is 380 g/mol. The van der Waals surface area contributed by atoms with E-state index in [9.17, 15) is 24.0 Å². The van der Waals surface area contributed by atoms with Crippen LogP contribution in [-0.4, -0.2) is 28.9 Å². The molecular weight excluding hydrogens is 360 g/mol. The summed E-state index contributed by atoms with van der Waals surface area (Å²) in [6.07, 6.45) is 0. The second-order valence-electron chi connectivity index (χ2n) is 6.40. The molecular formula is C22H20O6. The van der Waals surface area contributed by atoms with Crippen molar-refractivity contribution < 1.29 is 28.7 Å². The third-order valence-corrected chi connectivity index (χ3v) is 4.18. The van der Waals surface area contributed by atoms with Gasteiger partial charge in [0.15, 0.2) is 34.7 Å². The summed E-state index contributed by atoms with van der Waals surface area (Å²) in [4.78, 5) is 62.1. The summed E-state index contributed by atoms with van der Waals surface area (Å²) in [7, 11) is 0. The van der Waals surface area contributed by atoms with Crippen LogP contribution in [0.4, 0.5) is 0 Å². The van der Waals surface area contributed by atoms with Gasteiger partial charge >= 0.3 is 0 Å². The molecule has 6 nitrogen and oxygen atoms in total. The highest BCUT2D eigenvalue weighted by molar-refractivity contribution is 6.24. The van der Waals surface area contributed by atoms with E-state index in [4.69, 9.17) is 4.74 Å². The molecule has 0 aromatic heterocycles. The van der Waals surface area contributed by atoms with Crippen molar-refractivity contribution in [3.8, 4) is 11.5 Å². The molecule has 28 heavy (non-hydrogen) atoms. The van der Waals surface area contributed by atoms with Gasteiger partial charge in [-0.05, 0) is 46.8 Å². The number of Topliss-reactive ketones (excluding diaryl/α,β-unsaturated/α-hetero) is 5. The number of carbonyl (C=O) groups is 5. The number of hydrogen-bond donors (Lipinski definition) is 0. The Hall–Kier alpha value is -3.41. The highest BCUT2D eigenvalue weighted by atomic mass is 16.5. The lowest BCUT2D eigenvalue weighted by Gasteiger charge is -2.21. The first-order valence-corrected chi connectivity index (χ1v) is 8.59. The Bertz CT molecular complexity index is 962. The second-order valence-corrected chi connectivity index (χ2v) is 6.40. The van der Waals surface area contributed by atoms with Gasteiger partial charge in [0.1, 0.15) is 5.75 Å². The molecule has 6 heteroatoms. The van der Waals surface area contributed by atoms with Crippen molar-refractivity contribution in [2.45, 2.75) is 34.6 Å². The normalized spacial score (nSPS) is 10.3. The Morgan fingerprint density at radius 1 is 0.536 bits per heavy atom. The van der Waals surface area contributed by atoms with E-state index in [1.165, 1.54) is 34.6 Å². The number of benzene rings is 2. The summed E-state index contributed by atoms with van der Waals surface area (Å²) in [6.45, 7) is 5.98. The molecule has 0 bridgehead atoms. The zero-order valence-electron chi connectivity index (χ0n) is 16.3. The highest BCUT2D eigenvalue weighted by Gasteiger charge is 2.34. The van der Waals surface area contributed by atoms with Crippen molar-refractivity contribution in [1.82, 2.24) is 0 Å². The molecule has 0 spiro atoms. The standard InChI is InChI=1S/C22H20O6/c1-11(23)17-18(12(2)24)20(14(4)26)22(28-16-9-7-6-8-10-16)21(15(5)27)19(17)13(3)25/h6-10H,1-5H3. The van der Waals surface area contributed by atoms with Gasteiger partial charge in [-0.2, -0.15) is 0 Å². The van der Waals surface area contributed by atoms with Crippen molar-refractivity contribution in [3.05, 3.63) is 58.1 Å². The summed E-state index contributed by atoms with van der Waals surface area (Å²) in [5, 5.41) is 0. The molecule has 0 N–H and O–H groups in total. The Morgan fingerprint density at radius 3 is 1.18 bits per heavy atom. The van der Waals surface area contributed by atoms with Crippen molar-refractivity contribution in [2.75, 3.05) is 0 Å². The van der Waals surface area contributed by atoms with Crippen molar-refractivity contribution in [1.29, 1.82) is 0 Å². The Kier molecular flexibility index (Phi) is 6.03. The Labute approximate surface area is 162 Å². The molecule has 0 radical (unpaired) electrons. The highest BCUT2D eigenvalue weighted by Crippen LogP contribution is 2.38. The number of para-hydroxylation sites is 1. The van der Waals surface area contributed by atoms with E-state index in [-0.39, 0.29) is 33.6 Å². The topological polar surface area (TPSA) is 94.6 Å². The van der Waals surface area contributed by atoms with Gasteiger partial charge in [0.05, 0.1) is 11.1 Å². The number of rotatable bonds is 7. The van der Waals surface area contributed by atoms with E-state index in [0.29, 0.717) is 5.75 Å². The Morgan fingerprint density at radius 2 is 0.857 bits per heavy atom. The van der Waals surface area contributed by atoms with Gasteiger partial charge in [0.25, 0.3) is 0 Å². The Balaban J connectivity index is 3.13. The van der Waals surface area contributed by atoms with Crippen LogP contribution < -0.4 is 4.74 Å². The third-order valence-electron chi connectivity index (χ3n) is 4.18. The van der Waals surface area contributed by atoms with Crippen LogP contribution in [0, 0.1) is 0 Å². The van der Waals surface area contributed by atoms with E-state index >= 15 is 0 Å². The fourth-order valence-corrected chi connectivity index (χ4v) is 3.16. The second kappa shape index (κ2) is 8.08. The maximum Gasteiger partial charge on any atom is 0.164 e. The maximum absolute atomic E-state index is 12.5. The molecule has 0 unspecified atom stereocenters. The molecule has 0 aliphatic heterocycles. The summed E-state index contributed by atoms with van der Waals surface area (Å²) >= 11 is 0. The molecule has 0 fully saturated rings. The summed E-state index contributed by atoms with van der Waals surface area (Å²) in [5.41, 5.74) is -1.01. The number of ketones is 5. The predicted octanol–water partition coefficient (Wildman–Crippen LogP) is 4.49. The molecule has 2 rings (SSSR count). The van der Waals surface area contributed by atoms with Crippen molar-refractivity contribution in [2.24, 2.45) is 0 Å². The van der Waals surface area contributed by atoms with E-state index in [2.05, 4.69) is 0 Å². The molecule has 2 aromatic carbocycles. The van der Waals surface area contributed by atoms with Gasteiger partial charge in [0, 0.05) is 16.7 Å². The van der Waals surface area contributed by atoms with Crippen LogP contribution in [0.3, 0.4) is 0 Å². The minimum absolute atomic E-state index is 0.184. The van der Waals surface area contributed by atoms with Gasteiger partial charge in [-0.15, -0.1) is 0 Å². The van der Waals surface area contributed by atoms with Gasteiger partial charge in [-0.1, -0.05) is 18.2 Å². The van der Waals surface area contributed by atoms with E-state index in [1.807, 2.05) is 0 Å². The zero-order valence-corrected chi connectivity index (χ0v) is 16.3. The fourth-order valence-electron chi connectivity index (χ4n) is 3.16. The van der Waals surface area contributed by atoms with Crippen LogP contribution in [-0.2, 0) is 0 Å². The molecule has 0 aliphatic carbocycles. The van der Waals surface area contributed by atoms with Crippen molar-refractivity contribution >= 4 is 28.9 Å². The van der Waals surface area contributed by atoms with E-state index in [0.717, 1.165) is 0 Å². The quantitative estimate of drug-likeness (QED) is 0.657. The fraction of sp³-hybridized carbons (Fsp3) is 0.227. The number of hydrogen-bond acceptors (Lipinski definition) is 6. The third kappa shape index (κ3) is 3.81. The SMILES string of the molecule is CC(=O)c1c(Oc2ccccc2)c(C(C)=O)c(C(C)=O)c(C(C)=O)c1C(C)=O. The van der Waals surface area contributed by atoms with Crippen LogP contribution in [0.15, 0.2) is 30.3 Å². The smallest absolute Gasteiger partial charge is 0.164 e. The van der Waals surface area contributed by atoms with E-state index < -0.39 is 28.9 Å². The summed E-state index contributed by atoms with van der Waals surface area (Å²) in [6, 6.07) is 8.35. The molecule has 0 atom stereocenters. The van der Waals surface area contributed by atoms with Gasteiger partial charge in [-0.25, -0.2) is 0 Å². The summed E-state index contributed by atoms with van der Waals surface area (Å²) < 4.78 is 5.82. The first-order valence-electron chi connectivity index (χ1n) is 8.59. The first-order chi connectivity index (χ1) is 13.1. The van der Waals surface area contributed by atoms with Crippen LogP contribution in [0.5, 0.6) is 11.5 Å². The lowest BCUT2D eigenvalue weighted by atomic mass is 9.83. The number of carbonyl (C=O) groups excluding carboxylic acids is 5. The molecule has 0 saturated heterocycles. The van der Waals surface area contributed by atoms with Gasteiger partial charge in [0.2, 0.25) is 0 Å². The monoisotopic (exact) mass is 380 g/mol. The molecule has 2 aromatic rings. The molecule has 144 valence electrons. The first kappa shape index (κ1) is 20.9. The minimum Gasteiger partial charge on any atom is -0.456 e. The predicted molar refractivity (Wildman–Crippen MR) is 103 cm³/mol. The van der Waals surface area contributed by atoms with E-state index in [1.54, 1.807) is 30.3 Å². The largest absolute Gasteiger partial charge is 0.456 e. The molecule has 0 aliphatic rings. The molecule has 0 heterocycles. The van der Waals surface area contributed by atoms with Crippen LogP contribution in [0.1, 0.15) is 86.4 Å². The summed E-state index contributed by atoms with van der Waals surface area (Å²) in [5.74, 6) is -2.74. The lowest BCUT2D eigenvalue weighted by Crippen LogP contribution is -2.21. The number of ether oxygens (including phenoxy) is 1. The maximum atomic E-state index is 12.5. The average Bonchev–Trinajstić information content (AvgIpc) is 2.60. The van der Waals surface area contributed by atoms with Crippen LogP contribution in [0.25, 0.3) is 0 Å².